The van der Waals surface area contributed by atoms with Gasteiger partial charge in [0.15, 0.2) is 6.10 Å². The molecule has 114 valence electrons. The lowest BCUT2D eigenvalue weighted by molar-refractivity contribution is -0.127. The molecule has 1 aromatic rings. The van der Waals surface area contributed by atoms with Crippen molar-refractivity contribution in [2.75, 3.05) is 13.1 Å². The van der Waals surface area contributed by atoms with E-state index >= 15 is 0 Å². The van der Waals surface area contributed by atoms with E-state index in [1.807, 2.05) is 0 Å². The van der Waals surface area contributed by atoms with Gasteiger partial charge in [0.25, 0.3) is 5.91 Å². The zero-order chi connectivity index (χ0) is 14.3. The second-order valence-corrected chi connectivity index (χ2v) is 4.53. The Labute approximate surface area is 129 Å². The summed E-state index contributed by atoms with van der Waals surface area (Å²) < 4.78 is 18.2. The van der Waals surface area contributed by atoms with Gasteiger partial charge < -0.3 is 15.8 Å². The van der Waals surface area contributed by atoms with Crippen LogP contribution in [0.5, 0.6) is 5.75 Å². The van der Waals surface area contributed by atoms with Crippen LogP contribution >= 0.6 is 24.0 Å². The summed E-state index contributed by atoms with van der Waals surface area (Å²) in [6.07, 6.45) is 0.992. The Balaban J connectivity index is 0.00000361. The standard InChI is InChI=1S/C13H18ClFN2O2.ClH/c1-9(13(18)17-7-3-2-6-16)19-12-5-4-10(15)8-11(12)14;/h4-5,8-9H,2-3,6-7,16H2,1H3,(H,17,18);1H. The molecule has 1 atom stereocenters. The summed E-state index contributed by atoms with van der Waals surface area (Å²) in [4.78, 5) is 11.7. The molecule has 0 saturated carbocycles. The van der Waals surface area contributed by atoms with Gasteiger partial charge in [0.2, 0.25) is 0 Å². The predicted octanol–water partition coefficient (Wildman–Crippen LogP) is 2.52. The van der Waals surface area contributed by atoms with E-state index in [9.17, 15) is 9.18 Å². The van der Waals surface area contributed by atoms with Gasteiger partial charge in [-0.15, -0.1) is 12.4 Å². The van der Waals surface area contributed by atoms with Gasteiger partial charge in [-0.05, 0) is 44.5 Å². The van der Waals surface area contributed by atoms with Crippen molar-refractivity contribution < 1.29 is 13.9 Å². The second kappa shape index (κ2) is 9.80. The minimum absolute atomic E-state index is 0. The van der Waals surface area contributed by atoms with Gasteiger partial charge in [-0.1, -0.05) is 11.6 Å². The Morgan fingerprint density at radius 1 is 1.50 bits per heavy atom. The SMILES string of the molecule is CC(Oc1ccc(F)cc1Cl)C(=O)NCCCCN.Cl. The molecular formula is C13H19Cl2FN2O2. The fraction of sp³-hybridized carbons (Fsp3) is 0.462. The maximum atomic E-state index is 12.9. The van der Waals surface area contributed by atoms with Gasteiger partial charge in [-0.3, -0.25) is 4.79 Å². The molecule has 0 saturated heterocycles. The van der Waals surface area contributed by atoms with Gasteiger partial charge in [0.05, 0.1) is 5.02 Å². The summed E-state index contributed by atoms with van der Waals surface area (Å²) in [5.41, 5.74) is 5.35. The molecule has 0 aliphatic heterocycles. The summed E-state index contributed by atoms with van der Waals surface area (Å²) in [6, 6.07) is 3.77. The van der Waals surface area contributed by atoms with Crippen molar-refractivity contribution in [1.82, 2.24) is 5.32 Å². The Kier molecular flexibility index (Phi) is 9.29. The van der Waals surface area contributed by atoms with Gasteiger partial charge in [0, 0.05) is 6.54 Å². The van der Waals surface area contributed by atoms with Crippen molar-refractivity contribution in [2.45, 2.75) is 25.9 Å². The van der Waals surface area contributed by atoms with Crippen molar-refractivity contribution >= 4 is 29.9 Å². The average Bonchev–Trinajstić information content (AvgIpc) is 2.37. The molecule has 0 aliphatic rings. The maximum Gasteiger partial charge on any atom is 0.260 e. The summed E-state index contributed by atoms with van der Waals surface area (Å²) in [6.45, 7) is 2.77. The Bertz CT molecular complexity index is 433. The highest BCUT2D eigenvalue weighted by atomic mass is 35.5. The molecule has 0 radical (unpaired) electrons. The van der Waals surface area contributed by atoms with E-state index in [2.05, 4.69) is 5.32 Å². The molecule has 20 heavy (non-hydrogen) atoms. The van der Waals surface area contributed by atoms with Crippen molar-refractivity contribution in [3.63, 3.8) is 0 Å². The number of nitrogens with two attached hydrogens (primary N) is 1. The molecule has 1 unspecified atom stereocenters. The van der Waals surface area contributed by atoms with Crippen LogP contribution in [0.1, 0.15) is 19.8 Å². The number of unbranched alkanes of at least 4 members (excludes halogenated alkanes) is 1. The average molecular weight is 325 g/mol. The zero-order valence-electron chi connectivity index (χ0n) is 11.2. The molecule has 0 heterocycles. The molecule has 1 amide bonds. The first-order valence-corrected chi connectivity index (χ1v) is 6.52. The number of hydrogen-bond donors (Lipinski definition) is 2. The fourth-order valence-electron chi connectivity index (χ4n) is 1.44. The summed E-state index contributed by atoms with van der Waals surface area (Å²) in [5.74, 6) is -0.402. The van der Waals surface area contributed by atoms with Crippen molar-refractivity contribution in [2.24, 2.45) is 5.73 Å². The number of halogens is 3. The van der Waals surface area contributed by atoms with E-state index in [0.29, 0.717) is 13.1 Å². The number of hydrogen-bond acceptors (Lipinski definition) is 3. The van der Waals surface area contributed by atoms with Crippen molar-refractivity contribution in [3.05, 3.63) is 29.0 Å². The highest BCUT2D eigenvalue weighted by Crippen LogP contribution is 2.25. The third kappa shape index (κ3) is 6.41. The lowest BCUT2D eigenvalue weighted by Gasteiger charge is -2.15. The molecule has 0 aliphatic carbocycles. The van der Waals surface area contributed by atoms with Crippen LogP contribution in [0.25, 0.3) is 0 Å². The van der Waals surface area contributed by atoms with E-state index in [1.54, 1.807) is 6.92 Å². The largest absolute Gasteiger partial charge is 0.479 e. The Morgan fingerprint density at radius 3 is 2.80 bits per heavy atom. The first kappa shape index (κ1) is 19.0. The third-order valence-corrected chi connectivity index (χ3v) is 2.79. The number of nitrogens with one attached hydrogen (secondary N) is 1. The maximum absolute atomic E-state index is 12.9. The minimum Gasteiger partial charge on any atom is -0.479 e. The van der Waals surface area contributed by atoms with Crippen LogP contribution < -0.4 is 15.8 Å². The molecule has 4 nitrogen and oxygen atoms in total. The molecule has 7 heteroatoms. The first-order valence-electron chi connectivity index (χ1n) is 6.14. The van der Waals surface area contributed by atoms with Crippen LogP contribution in [0.2, 0.25) is 5.02 Å². The first-order chi connectivity index (χ1) is 9.04. The molecule has 1 aromatic carbocycles. The number of carbonyl (C=O) groups is 1. The normalized spacial score (nSPS) is 11.4. The summed E-state index contributed by atoms with van der Waals surface area (Å²) in [5, 5.41) is 2.87. The fourth-order valence-corrected chi connectivity index (χ4v) is 1.65. The molecule has 0 bridgehead atoms. The minimum atomic E-state index is -0.694. The van der Waals surface area contributed by atoms with Gasteiger partial charge in [-0.25, -0.2) is 4.39 Å². The van der Waals surface area contributed by atoms with Crippen molar-refractivity contribution in [3.8, 4) is 5.75 Å². The topological polar surface area (TPSA) is 64.3 Å². The van der Waals surface area contributed by atoms with Gasteiger partial charge >= 0.3 is 0 Å². The second-order valence-electron chi connectivity index (χ2n) is 4.12. The van der Waals surface area contributed by atoms with Crippen LogP contribution in [-0.2, 0) is 4.79 Å². The summed E-state index contributed by atoms with van der Waals surface area (Å²) >= 11 is 5.81. The predicted molar refractivity (Wildman–Crippen MR) is 80.0 cm³/mol. The summed E-state index contributed by atoms with van der Waals surface area (Å²) in [7, 11) is 0. The van der Waals surface area contributed by atoms with Crippen molar-refractivity contribution in [1.29, 1.82) is 0 Å². The molecule has 0 aromatic heterocycles. The zero-order valence-corrected chi connectivity index (χ0v) is 12.8. The highest BCUT2D eigenvalue weighted by molar-refractivity contribution is 6.32. The lowest BCUT2D eigenvalue weighted by atomic mass is 10.3. The van der Waals surface area contributed by atoms with E-state index in [1.165, 1.54) is 12.1 Å². The molecule has 0 fully saturated rings. The van der Waals surface area contributed by atoms with E-state index < -0.39 is 11.9 Å². The lowest BCUT2D eigenvalue weighted by Crippen LogP contribution is -2.37. The highest BCUT2D eigenvalue weighted by Gasteiger charge is 2.15. The molecule has 1 rings (SSSR count). The van der Waals surface area contributed by atoms with Crippen LogP contribution in [0.3, 0.4) is 0 Å². The Hall–Kier alpha value is -1.04. The van der Waals surface area contributed by atoms with E-state index in [-0.39, 0.29) is 29.1 Å². The quantitative estimate of drug-likeness (QED) is 0.757. The van der Waals surface area contributed by atoms with Crippen LogP contribution in [-0.4, -0.2) is 25.1 Å². The smallest absolute Gasteiger partial charge is 0.260 e. The number of carbonyl (C=O) groups excluding carboxylic acids is 1. The molecule has 0 spiro atoms. The van der Waals surface area contributed by atoms with Crippen LogP contribution in [0.4, 0.5) is 4.39 Å². The molecule has 3 N–H and O–H groups in total. The van der Waals surface area contributed by atoms with Gasteiger partial charge in [-0.2, -0.15) is 0 Å². The van der Waals surface area contributed by atoms with Crippen LogP contribution in [0, 0.1) is 5.82 Å². The van der Waals surface area contributed by atoms with Crippen LogP contribution in [0.15, 0.2) is 18.2 Å². The third-order valence-electron chi connectivity index (χ3n) is 2.50. The van der Waals surface area contributed by atoms with E-state index in [4.69, 9.17) is 22.1 Å². The van der Waals surface area contributed by atoms with Gasteiger partial charge in [0.1, 0.15) is 11.6 Å². The van der Waals surface area contributed by atoms with E-state index in [0.717, 1.165) is 18.9 Å². The Morgan fingerprint density at radius 2 is 2.20 bits per heavy atom. The monoisotopic (exact) mass is 324 g/mol. The number of amides is 1. The number of benzene rings is 1. The molecular weight excluding hydrogens is 306 g/mol. The number of rotatable bonds is 7. The number of ether oxygens (including phenoxy) is 1.